The van der Waals surface area contributed by atoms with Gasteiger partial charge in [-0.25, -0.2) is 0 Å². The number of hydrogen-bond acceptors (Lipinski definition) is 1. The second kappa shape index (κ2) is 3.05. The molecule has 0 bridgehead atoms. The van der Waals surface area contributed by atoms with E-state index in [0.717, 1.165) is 16.9 Å². The van der Waals surface area contributed by atoms with E-state index in [9.17, 15) is 0 Å². The van der Waals surface area contributed by atoms with Crippen LogP contribution in [0.1, 0.15) is 20.3 Å². The molecule has 0 aliphatic rings. The Morgan fingerprint density at radius 1 is 1.88 bits per heavy atom. The van der Waals surface area contributed by atoms with Gasteiger partial charge < -0.3 is 4.43 Å². The van der Waals surface area contributed by atoms with Gasteiger partial charge in [-0.1, -0.05) is 13.0 Å². The molecule has 0 aromatic carbocycles. The molecule has 0 radical (unpaired) electrons. The summed E-state index contributed by atoms with van der Waals surface area (Å²) in [5, 5.41) is 0. The molecule has 0 aromatic heterocycles. The van der Waals surface area contributed by atoms with Gasteiger partial charge in [0.15, 0.2) is 0 Å². The van der Waals surface area contributed by atoms with Gasteiger partial charge in [0.05, 0.1) is 5.60 Å². The van der Waals surface area contributed by atoms with E-state index >= 15 is 0 Å². The third-order valence-corrected chi connectivity index (χ3v) is 2.53. The van der Waals surface area contributed by atoms with E-state index in [1.807, 2.05) is 13.0 Å². The molecule has 0 aromatic rings. The fraction of sp³-hybridized carbons (Fsp3) is 0.667. The Labute approximate surface area is 54.3 Å². The van der Waals surface area contributed by atoms with Crippen LogP contribution in [-0.2, 0) is 4.43 Å². The first-order valence-electron chi connectivity index (χ1n) is 2.87. The Morgan fingerprint density at radius 3 is 2.38 bits per heavy atom. The van der Waals surface area contributed by atoms with Crippen molar-refractivity contribution in [2.45, 2.75) is 25.9 Å². The molecule has 0 aliphatic carbocycles. The van der Waals surface area contributed by atoms with Gasteiger partial charge in [-0.2, -0.15) is 0 Å². The summed E-state index contributed by atoms with van der Waals surface area (Å²) in [4.78, 5) is 0. The molecular formula is C6H14OSi. The average molecular weight is 130 g/mol. The van der Waals surface area contributed by atoms with Gasteiger partial charge in [-0.15, -0.1) is 6.58 Å². The highest BCUT2D eigenvalue weighted by atomic mass is 28.2. The molecule has 0 heterocycles. The van der Waals surface area contributed by atoms with E-state index in [4.69, 9.17) is 4.43 Å². The molecule has 0 N–H and O–H groups in total. The molecule has 1 nitrogen and oxygen atoms in total. The average Bonchev–Trinajstić information content (AvgIpc) is 1.87. The SMILES string of the molecule is C=CC(C)(CC)O[SiH3]. The molecular weight excluding hydrogens is 116 g/mol. The van der Waals surface area contributed by atoms with Crippen molar-refractivity contribution in [3.63, 3.8) is 0 Å². The van der Waals surface area contributed by atoms with Crippen molar-refractivity contribution in [3.05, 3.63) is 12.7 Å². The molecule has 0 saturated heterocycles. The first-order chi connectivity index (χ1) is 3.68. The zero-order valence-electron chi connectivity index (χ0n) is 5.90. The van der Waals surface area contributed by atoms with Crippen molar-refractivity contribution in [2.75, 3.05) is 0 Å². The van der Waals surface area contributed by atoms with E-state index < -0.39 is 0 Å². The van der Waals surface area contributed by atoms with Crippen LogP contribution < -0.4 is 0 Å². The molecule has 0 rings (SSSR count). The Bertz CT molecular complexity index is 76.6. The lowest BCUT2D eigenvalue weighted by Crippen LogP contribution is -2.22. The van der Waals surface area contributed by atoms with Crippen LogP contribution in [0.3, 0.4) is 0 Å². The van der Waals surface area contributed by atoms with Crippen LogP contribution in [0.5, 0.6) is 0 Å². The molecule has 0 fully saturated rings. The lowest BCUT2D eigenvalue weighted by atomic mass is 10.1. The number of rotatable bonds is 3. The summed E-state index contributed by atoms with van der Waals surface area (Å²) in [6, 6.07) is 0. The molecule has 2 heteroatoms. The highest BCUT2D eigenvalue weighted by molar-refractivity contribution is 5.98. The van der Waals surface area contributed by atoms with Crippen LogP contribution in [0.4, 0.5) is 0 Å². The van der Waals surface area contributed by atoms with Gasteiger partial charge in [0.25, 0.3) is 0 Å². The van der Waals surface area contributed by atoms with E-state index in [2.05, 4.69) is 13.5 Å². The fourth-order valence-corrected chi connectivity index (χ4v) is 0.827. The first kappa shape index (κ1) is 7.92. The van der Waals surface area contributed by atoms with Crippen LogP contribution in [0, 0.1) is 0 Å². The smallest absolute Gasteiger partial charge is 0.147 e. The standard InChI is InChI=1S/C6H14OSi/c1-4-6(3,5-2)7-8/h4H,1,5H2,2-3,8H3. The fourth-order valence-electron chi connectivity index (χ4n) is 0.372. The Morgan fingerprint density at radius 2 is 2.38 bits per heavy atom. The van der Waals surface area contributed by atoms with Crippen molar-refractivity contribution >= 4 is 10.5 Å². The van der Waals surface area contributed by atoms with Gasteiger partial charge in [-0.05, 0) is 13.3 Å². The van der Waals surface area contributed by atoms with Crippen LogP contribution in [0.25, 0.3) is 0 Å². The first-order valence-corrected chi connectivity index (χ1v) is 3.69. The maximum atomic E-state index is 5.26. The summed E-state index contributed by atoms with van der Waals surface area (Å²) in [5.41, 5.74) is -0.0494. The topological polar surface area (TPSA) is 9.23 Å². The Kier molecular flexibility index (Phi) is 3.01. The van der Waals surface area contributed by atoms with Gasteiger partial charge in [0, 0.05) is 0 Å². The van der Waals surface area contributed by atoms with Crippen LogP contribution in [-0.4, -0.2) is 16.1 Å². The third-order valence-electron chi connectivity index (χ3n) is 1.60. The molecule has 0 spiro atoms. The number of hydrogen-bond donors (Lipinski definition) is 0. The van der Waals surface area contributed by atoms with Crippen LogP contribution >= 0.6 is 0 Å². The minimum Gasteiger partial charge on any atom is -0.419 e. The monoisotopic (exact) mass is 130 g/mol. The lowest BCUT2D eigenvalue weighted by Gasteiger charge is -2.21. The largest absolute Gasteiger partial charge is 0.419 e. The van der Waals surface area contributed by atoms with Gasteiger partial charge in [-0.3, -0.25) is 0 Å². The van der Waals surface area contributed by atoms with Crippen molar-refractivity contribution in [1.29, 1.82) is 0 Å². The Hall–Kier alpha value is -0.0831. The molecule has 0 amide bonds. The Balaban J connectivity index is 3.76. The summed E-state index contributed by atoms with van der Waals surface area (Å²) >= 11 is 0. The summed E-state index contributed by atoms with van der Waals surface area (Å²) in [6.07, 6.45) is 2.88. The normalized spacial score (nSPS) is 17.8. The predicted octanol–water partition coefficient (Wildman–Crippen LogP) is 0.638. The van der Waals surface area contributed by atoms with E-state index in [0.29, 0.717) is 0 Å². The van der Waals surface area contributed by atoms with Crippen molar-refractivity contribution in [3.8, 4) is 0 Å². The van der Waals surface area contributed by atoms with Crippen molar-refractivity contribution < 1.29 is 4.43 Å². The quantitative estimate of drug-likeness (QED) is 0.402. The maximum absolute atomic E-state index is 5.26. The van der Waals surface area contributed by atoms with Crippen molar-refractivity contribution in [1.82, 2.24) is 0 Å². The second-order valence-electron chi connectivity index (χ2n) is 2.07. The molecule has 1 unspecified atom stereocenters. The molecule has 1 atom stereocenters. The molecule has 48 valence electrons. The highest BCUT2D eigenvalue weighted by Crippen LogP contribution is 2.13. The van der Waals surface area contributed by atoms with Gasteiger partial charge in [0.2, 0.25) is 0 Å². The zero-order valence-corrected chi connectivity index (χ0v) is 7.90. The molecule has 8 heavy (non-hydrogen) atoms. The van der Waals surface area contributed by atoms with Crippen molar-refractivity contribution in [2.24, 2.45) is 0 Å². The van der Waals surface area contributed by atoms with E-state index in [1.54, 1.807) is 0 Å². The van der Waals surface area contributed by atoms with E-state index in [1.165, 1.54) is 0 Å². The summed E-state index contributed by atoms with van der Waals surface area (Å²) in [7, 11) is 0.795. The van der Waals surface area contributed by atoms with Crippen LogP contribution in [0.15, 0.2) is 12.7 Å². The summed E-state index contributed by atoms with van der Waals surface area (Å²) < 4.78 is 5.26. The molecule has 0 aliphatic heterocycles. The second-order valence-corrected chi connectivity index (χ2v) is 2.48. The minimum absolute atomic E-state index is 0.0494. The zero-order chi connectivity index (χ0) is 6.62. The molecule has 0 saturated carbocycles. The minimum atomic E-state index is -0.0494. The van der Waals surface area contributed by atoms with Crippen LogP contribution in [0.2, 0.25) is 0 Å². The van der Waals surface area contributed by atoms with Gasteiger partial charge >= 0.3 is 0 Å². The summed E-state index contributed by atoms with van der Waals surface area (Å²) in [6.45, 7) is 7.82. The third kappa shape index (κ3) is 1.80. The van der Waals surface area contributed by atoms with E-state index in [-0.39, 0.29) is 5.60 Å². The maximum Gasteiger partial charge on any atom is 0.147 e. The van der Waals surface area contributed by atoms with Gasteiger partial charge in [0.1, 0.15) is 10.5 Å². The predicted molar refractivity (Wildman–Crippen MR) is 39.9 cm³/mol. The highest BCUT2D eigenvalue weighted by Gasteiger charge is 2.13. The lowest BCUT2D eigenvalue weighted by molar-refractivity contribution is 0.152. The summed E-state index contributed by atoms with van der Waals surface area (Å²) in [5.74, 6) is 0.